The first-order chi connectivity index (χ1) is 9.78. The van der Waals surface area contributed by atoms with Crippen LogP contribution in [0.5, 0.6) is 0 Å². The average molecular weight is 273 g/mol. The molecule has 20 heavy (non-hydrogen) atoms. The van der Waals surface area contributed by atoms with Gasteiger partial charge in [0.15, 0.2) is 0 Å². The van der Waals surface area contributed by atoms with E-state index in [0.717, 1.165) is 37.5 Å². The molecular weight excluding hydrogens is 254 g/mol. The molecule has 4 nitrogen and oxygen atoms in total. The quantitative estimate of drug-likeness (QED) is 0.796. The molecule has 0 aliphatic carbocycles. The lowest BCUT2D eigenvalue weighted by Crippen LogP contribution is -2.47. The SMILES string of the molecule is O=C[C@@H]1C[C@H]2CC[C@@H](C1)N2C(=O)OCc1ccccc1. The molecule has 2 fully saturated rings. The molecule has 1 amide bonds. The van der Waals surface area contributed by atoms with E-state index < -0.39 is 0 Å². The maximum absolute atomic E-state index is 12.2. The summed E-state index contributed by atoms with van der Waals surface area (Å²) in [5, 5.41) is 0. The van der Waals surface area contributed by atoms with Gasteiger partial charge in [-0.05, 0) is 31.2 Å². The highest BCUT2D eigenvalue weighted by Crippen LogP contribution is 2.38. The minimum Gasteiger partial charge on any atom is -0.445 e. The Bertz CT molecular complexity index is 474. The number of ether oxygens (including phenoxy) is 1. The molecule has 2 aliphatic heterocycles. The summed E-state index contributed by atoms with van der Waals surface area (Å²) in [6, 6.07) is 10.1. The minimum absolute atomic E-state index is 0.116. The molecule has 3 atom stereocenters. The van der Waals surface area contributed by atoms with Crippen molar-refractivity contribution in [2.24, 2.45) is 5.92 Å². The van der Waals surface area contributed by atoms with E-state index in [0.29, 0.717) is 6.61 Å². The van der Waals surface area contributed by atoms with Gasteiger partial charge in [-0.2, -0.15) is 0 Å². The number of aldehydes is 1. The molecule has 0 unspecified atom stereocenters. The number of hydrogen-bond donors (Lipinski definition) is 0. The Labute approximate surface area is 118 Å². The molecule has 2 heterocycles. The second-order valence-corrected chi connectivity index (χ2v) is 5.70. The van der Waals surface area contributed by atoms with Gasteiger partial charge in [0.05, 0.1) is 0 Å². The largest absolute Gasteiger partial charge is 0.445 e. The third kappa shape index (κ3) is 2.55. The molecule has 0 radical (unpaired) electrons. The molecule has 4 heteroatoms. The van der Waals surface area contributed by atoms with Crippen LogP contribution in [0.15, 0.2) is 30.3 Å². The molecule has 3 rings (SSSR count). The van der Waals surface area contributed by atoms with Gasteiger partial charge in [-0.3, -0.25) is 0 Å². The van der Waals surface area contributed by atoms with Crippen LogP contribution in [0, 0.1) is 5.92 Å². The number of amides is 1. The summed E-state index contributed by atoms with van der Waals surface area (Å²) in [4.78, 5) is 25.0. The summed E-state index contributed by atoms with van der Waals surface area (Å²) in [7, 11) is 0. The highest BCUT2D eigenvalue weighted by Gasteiger charge is 2.43. The highest BCUT2D eigenvalue weighted by molar-refractivity contribution is 5.69. The Hall–Kier alpha value is -1.84. The van der Waals surface area contributed by atoms with Crippen LogP contribution in [-0.4, -0.2) is 29.4 Å². The molecule has 0 saturated carbocycles. The Morgan fingerprint density at radius 1 is 1.20 bits per heavy atom. The summed E-state index contributed by atoms with van der Waals surface area (Å²) in [6.45, 7) is 0.312. The minimum atomic E-state index is -0.231. The van der Waals surface area contributed by atoms with E-state index in [1.807, 2.05) is 35.2 Å². The zero-order chi connectivity index (χ0) is 13.9. The van der Waals surface area contributed by atoms with E-state index in [2.05, 4.69) is 0 Å². The van der Waals surface area contributed by atoms with Crippen molar-refractivity contribution in [2.45, 2.75) is 44.4 Å². The van der Waals surface area contributed by atoms with E-state index in [9.17, 15) is 9.59 Å². The van der Waals surface area contributed by atoms with E-state index in [1.165, 1.54) is 0 Å². The second-order valence-electron chi connectivity index (χ2n) is 5.70. The number of carbonyl (C=O) groups excluding carboxylic acids is 2. The number of fused-ring (bicyclic) bond motifs is 2. The van der Waals surface area contributed by atoms with Crippen LogP contribution in [-0.2, 0) is 16.1 Å². The summed E-state index contributed by atoms with van der Waals surface area (Å²) >= 11 is 0. The third-order valence-corrected chi connectivity index (χ3v) is 4.38. The molecule has 0 spiro atoms. The number of benzene rings is 1. The van der Waals surface area contributed by atoms with Gasteiger partial charge in [-0.25, -0.2) is 4.79 Å². The zero-order valence-corrected chi connectivity index (χ0v) is 11.4. The first-order valence-corrected chi connectivity index (χ1v) is 7.22. The van der Waals surface area contributed by atoms with Gasteiger partial charge >= 0.3 is 6.09 Å². The lowest BCUT2D eigenvalue weighted by Gasteiger charge is -2.36. The predicted molar refractivity (Wildman–Crippen MR) is 74.1 cm³/mol. The van der Waals surface area contributed by atoms with Crippen molar-refractivity contribution in [1.29, 1.82) is 0 Å². The molecule has 2 saturated heterocycles. The van der Waals surface area contributed by atoms with Crippen molar-refractivity contribution >= 4 is 12.4 Å². The van der Waals surface area contributed by atoms with Crippen LogP contribution in [0.3, 0.4) is 0 Å². The number of carbonyl (C=O) groups is 2. The number of nitrogens with zero attached hydrogens (tertiary/aromatic N) is 1. The fraction of sp³-hybridized carbons (Fsp3) is 0.500. The number of hydrogen-bond acceptors (Lipinski definition) is 3. The molecular formula is C16H19NO3. The Morgan fingerprint density at radius 2 is 1.85 bits per heavy atom. The fourth-order valence-corrected chi connectivity index (χ4v) is 3.42. The van der Waals surface area contributed by atoms with Crippen molar-refractivity contribution < 1.29 is 14.3 Å². The van der Waals surface area contributed by atoms with Gasteiger partial charge in [0.1, 0.15) is 12.9 Å². The zero-order valence-electron chi connectivity index (χ0n) is 11.4. The normalized spacial score (nSPS) is 28.2. The molecule has 0 aromatic heterocycles. The van der Waals surface area contributed by atoms with Crippen LogP contribution in [0.4, 0.5) is 4.79 Å². The first-order valence-electron chi connectivity index (χ1n) is 7.22. The smallest absolute Gasteiger partial charge is 0.410 e. The Balaban J connectivity index is 1.59. The van der Waals surface area contributed by atoms with Crippen LogP contribution < -0.4 is 0 Å². The molecule has 2 bridgehead atoms. The van der Waals surface area contributed by atoms with Crippen molar-refractivity contribution in [3.63, 3.8) is 0 Å². The molecule has 106 valence electrons. The van der Waals surface area contributed by atoms with Crippen molar-refractivity contribution in [2.75, 3.05) is 0 Å². The van der Waals surface area contributed by atoms with Crippen LogP contribution in [0.25, 0.3) is 0 Å². The lowest BCUT2D eigenvalue weighted by atomic mass is 9.92. The van der Waals surface area contributed by atoms with Crippen LogP contribution >= 0.6 is 0 Å². The standard InChI is InChI=1S/C16H19NO3/c18-10-13-8-14-6-7-15(9-13)17(14)16(19)20-11-12-4-2-1-3-5-12/h1-5,10,13-15H,6-9,11H2/t13-,14-,15+. The first kappa shape index (κ1) is 13.2. The maximum atomic E-state index is 12.2. The second kappa shape index (κ2) is 5.65. The molecule has 1 aromatic rings. The number of rotatable bonds is 3. The Kier molecular flexibility index (Phi) is 3.72. The predicted octanol–water partition coefficient (Wildman–Crippen LogP) is 2.77. The summed E-state index contributed by atoms with van der Waals surface area (Å²) in [6.07, 6.45) is 4.38. The van der Waals surface area contributed by atoms with Crippen LogP contribution in [0.1, 0.15) is 31.2 Å². The van der Waals surface area contributed by atoms with Crippen molar-refractivity contribution in [3.8, 4) is 0 Å². The van der Waals surface area contributed by atoms with Crippen molar-refractivity contribution in [3.05, 3.63) is 35.9 Å². The lowest BCUT2D eigenvalue weighted by molar-refractivity contribution is -0.113. The van der Waals surface area contributed by atoms with Gasteiger partial charge in [-0.1, -0.05) is 30.3 Å². The average Bonchev–Trinajstić information content (AvgIpc) is 2.76. The van der Waals surface area contributed by atoms with Gasteiger partial charge in [-0.15, -0.1) is 0 Å². The van der Waals surface area contributed by atoms with Gasteiger partial charge in [0, 0.05) is 18.0 Å². The summed E-state index contributed by atoms with van der Waals surface area (Å²) in [5.74, 6) is 0.116. The highest BCUT2D eigenvalue weighted by atomic mass is 16.6. The molecule has 2 aliphatic rings. The summed E-state index contributed by atoms with van der Waals surface area (Å²) in [5.41, 5.74) is 0.996. The van der Waals surface area contributed by atoms with Crippen molar-refractivity contribution in [1.82, 2.24) is 4.90 Å². The van der Waals surface area contributed by atoms with Crippen LogP contribution in [0.2, 0.25) is 0 Å². The van der Waals surface area contributed by atoms with Gasteiger partial charge < -0.3 is 14.4 Å². The maximum Gasteiger partial charge on any atom is 0.410 e. The number of piperidine rings is 1. The third-order valence-electron chi connectivity index (χ3n) is 4.38. The topological polar surface area (TPSA) is 46.6 Å². The van der Waals surface area contributed by atoms with E-state index in [1.54, 1.807) is 0 Å². The van der Waals surface area contributed by atoms with E-state index in [-0.39, 0.29) is 24.1 Å². The monoisotopic (exact) mass is 273 g/mol. The van der Waals surface area contributed by atoms with E-state index >= 15 is 0 Å². The molecule has 0 N–H and O–H groups in total. The van der Waals surface area contributed by atoms with Gasteiger partial charge in [0.25, 0.3) is 0 Å². The van der Waals surface area contributed by atoms with Gasteiger partial charge in [0.2, 0.25) is 0 Å². The fourth-order valence-electron chi connectivity index (χ4n) is 3.42. The summed E-state index contributed by atoms with van der Waals surface area (Å²) < 4.78 is 5.42. The Morgan fingerprint density at radius 3 is 2.45 bits per heavy atom. The van der Waals surface area contributed by atoms with E-state index in [4.69, 9.17) is 4.74 Å². The molecule has 1 aromatic carbocycles.